The van der Waals surface area contributed by atoms with E-state index in [-0.39, 0.29) is 5.92 Å². The van der Waals surface area contributed by atoms with Gasteiger partial charge in [0.05, 0.1) is 11.8 Å². The van der Waals surface area contributed by atoms with Crippen LogP contribution in [0.4, 0.5) is 0 Å². The Balaban J connectivity index is 1.85. The zero-order valence-electron chi connectivity index (χ0n) is 11.4. The molecule has 1 fully saturated rings. The smallest absolute Gasteiger partial charge is 0.307 e. The Morgan fingerprint density at radius 2 is 2.20 bits per heavy atom. The van der Waals surface area contributed by atoms with Crippen molar-refractivity contribution >= 4 is 5.97 Å². The molecule has 0 radical (unpaired) electrons. The first-order chi connectivity index (χ1) is 9.66. The lowest BCUT2D eigenvalue weighted by Crippen LogP contribution is -2.37. The first kappa shape index (κ1) is 13.3. The van der Waals surface area contributed by atoms with Crippen LogP contribution in [0.1, 0.15) is 49.7 Å². The van der Waals surface area contributed by atoms with E-state index < -0.39 is 17.5 Å². The van der Waals surface area contributed by atoms with E-state index in [4.69, 9.17) is 9.26 Å². The number of aromatic nitrogens is 2. The summed E-state index contributed by atoms with van der Waals surface area (Å²) < 4.78 is 10.8. The van der Waals surface area contributed by atoms with Gasteiger partial charge in [-0.3, -0.25) is 4.79 Å². The van der Waals surface area contributed by atoms with Gasteiger partial charge in [-0.15, -0.1) is 0 Å². The van der Waals surface area contributed by atoms with Crippen LogP contribution in [0.25, 0.3) is 0 Å². The maximum absolute atomic E-state index is 11.3. The van der Waals surface area contributed by atoms with Crippen molar-refractivity contribution < 1.29 is 19.2 Å². The molecule has 0 aliphatic heterocycles. The quantitative estimate of drug-likeness (QED) is 0.850. The zero-order valence-corrected chi connectivity index (χ0v) is 11.4. The topological polar surface area (TPSA) is 85.5 Å². The number of allylic oxidation sites excluding steroid dienone is 2. The van der Waals surface area contributed by atoms with E-state index in [1.165, 1.54) is 0 Å². The van der Waals surface area contributed by atoms with Gasteiger partial charge in [0.15, 0.2) is 0 Å². The molecule has 1 N–H and O–H groups in total. The molecule has 0 bridgehead atoms. The third-order valence-electron chi connectivity index (χ3n) is 4.47. The monoisotopic (exact) mass is 278 g/mol. The van der Waals surface area contributed by atoms with E-state index in [9.17, 15) is 9.90 Å². The van der Waals surface area contributed by atoms with E-state index in [0.29, 0.717) is 24.6 Å². The van der Waals surface area contributed by atoms with Crippen LogP contribution in [0.15, 0.2) is 16.7 Å². The second kappa shape index (κ2) is 5.01. The molecule has 2 aliphatic carbocycles. The summed E-state index contributed by atoms with van der Waals surface area (Å²) in [5, 5.41) is 13.3. The minimum Gasteiger partial charge on any atom is -0.481 e. The molecular formula is C14H18N2O4. The first-order valence-corrected chi connectivity index (χ1v) is 6.93. The molecule has 108 valence electrons. The Morgan fingerprint density at radius 1 is 1.45 bits per heavy atom. The number of aliphatic carboxylic acids is 1. The molecule has 0 aromatic carbocycles. The summed E-state index contributed by atoms with van der Waals surface area (Å²) in [4.78, 5) is 15.7. The van der Waals surface area contributed by atoms with E-state index in [2.05, 4.69) is 10.1 Å². The number of carbonyl (C=O) groups is 1. The number of ether oxygens (including phenoxy) is 1. The average molecular weight is 278 g/mol. The Hall–Kier alpha value is -1.69. The van der Waals surface area contributed by atoms with Gasteiger partial charge in [0.2, 0.25) is 11.7 Å². The average Bonchev–Trinajstić information content (AvgIpc) is 2.88. The van der Waals surface area contributed by atoms with Crippen LogP contribution in [0.3, 0.4) is 0 Å². The van der Waals surface area contributed by atoms with Crippen molar-refractivity contribution in [1.29, 1.82) is 0 Å². The number of hydrogen-bond donors (Lipinski definition) is 1. The van der Waals surface area contributed by atoms with Crippen molar-refractivity contribution in [3.8, 4) is 0 Å². The zero-order chi connectivity index (χ0) is 14.2. The highest BCUT2D eigenvalue weighted by Crippen LogP contribution is 2.43. The second-order valence-corrected chi connectivity index (χ2v) is 5.50. The molecule has 2 aliphatic rings. The van der Waals surface area contributed by atoms with Crippen molar-refractivity contribution in [2.45, 2.75) is 43.6 Å². The third-order valence-corrected chi connectivity index (χ3v) is 4.47. The summed E-state index contributed by atoms with van der Waals surface area (Å²) in [5.41, 5.74) is -0.426. The minimum atomic E-state index is -0.816. The molecule has 0 saturated heterocycles. The molecule has 1 heterocycles. The molecule has 20 heavy (non-hydrogen) atoms. The lowest BCUT2D eigenvalue weighted by molar-refractivity contribution is -0.142. The van der Waals surface area contributed by atoms with Gasteiger partial charge in [-0.05, 0) is 32.1 Å². The summed E-state index contributed by atoms with van der Waals surface area (Å²) >= 11 is 0. The van der Waals surface area contributed by atoms with Gasteiger partial charge in [-0.1, -0.05) is 17.3 Å². The molecule has 6 nitrogen and oxygen atoms in total. The highest BCUT2D eigenvalue weighted by molar-refractivity contribution is 5.71. The van der Waals surface area contributed by atoms with Crippen molar-refractivity contribution in [2.24, 2.45) is 5.92 Å². The number of carboxylic acids is 1. The SMILES string of the molecule is COC1(c2noc([C@@H]3CC=CC[C@@H]3C(=O)O)n2)CCC1. The van der Waals surface area contributed by atoms with Crippen LogP contribution < -0.4 is 0 Å². The predicted molar refractivity (Wildman–Crippen MR) is 69.1 cm³/mol. The maximum atomic E-state index is 11.3. The Labute approximate surface area is 116 Å². The fraction of sp³-hybridized carbons (Fsp3) is 0.643. The Bertz CT molecular complexity index is 528. The lowest BCUT2D eigenvalue weighted by Gasteiger charge is -2.37. The maximum Gasteiger partial charge on any atom is 0.307 e. The number of methoxy groups -OCH3 is 1. The highest BCUT2D eigenvalue weighted by atomic mass is 16.5. The normalized spacial score (nSPS) is 28.1. The van der Waals surface area contributed by atoms with Crippen molar-refractivity contribution in [2.75, 3.05) is 7.11 Å². The largest absolute Gasteiger partial charge is 0.481 e. The van der Waals surface area contributed by atoms with E-state index >= 15 is 0 Å². The Kier molecular flexibility index (Phi) is 3.33. The standard InChI is InChI=1S/C14H18N2O4/c1-19-14(7-4-8-14)13-15-11(20-16-13)9-5-2-3-6-10(9)12(17)18/h2-3,9-10H,4-8H2,1H3,(H,17,18)/t9-,10+/m1/s1. The van der Waals surface area contributed by atoms with Crippen molar-refractivity contribution in [3.05, 3.63) is 23.9 Å². The fourth-order valence-corrected chi connectivity index (χ4v) is 2.95. The molecule has 1 saturated carbocycles. The van der Waals surface area contributed by atoms with Gasteiger partial charge in [0, 0.05) is 7.11 Å². The number of nitrogens with zero attached hydrogens (tertiary/aromatic N) is 2. The highest BCUT2D eigenvalue weighted by Gasteiger charge is 2.44. The van der Waals surface area contributed by atoms with E-state index in [1.807, 2.05) is 12.2 Å². The van der Waals surface area contributed by atoms with E-state index in [1.54, 1.807) is 7.11 Å². The molecular weight excluding hydrogens is 260 g/mol. The van der Waals surface area contributed by atoms with Crippen LogP contribution in [0, 0.1) is 5.92 Å². The number of rotatable bonds is 4. The van der Waals surface area contributed by atoms with Crippen molar-refractivity contribution in [3.63, 3.8) is 0 Å². The summed E-state index contributed by atoms with van der Waals surface area (Å²) in [6.07, 6.45) is 7.86. The summed E-state index contributed by atoms with van der Waals surface area (Å²) in [6.45, 7) is 0. The van der Waals surface area contributed by atoms with E-state index in [0.717, 1.165) is 19.3 Å². The summed E-state index contributed by atoms with van der Waals surface area (Å²) in [7, 11) is 1.65. The number of carboxylic acid groups (broad SMARTS) is 1. The molecule has 2 atom stereocenters. The summed E-state index contributed by atoms with van der Waals surface area (Å²) in [5.74, 6) is -0.579. The third kappa shape index (κ3) is 2.04. The van der Waals surface area contributed by atoms with Gasteiger partial charge in [-0.2, -0.15) is 4.98 Å². The molecule has 0 amide bonds. The lowest BCUT2D eigenvalue weighted by atomic mass is 9.79. The van der Waals surface area contributed by atoms with Crippen molar-refractivity contribution in [1.82, 2.24) is 10.1 Å². The predicted octanol–water partition coefficient (Wildman–Crippen LogP) is 2.23. The van der Waals surface area contributed by atoms with Crippen LogP contribution in [0.5, 0.6) is 0 Å². The fourth-order valence-electron chi connectivity index (χ4n) is 2.95. The van der Waals surface area contributed by atoms with Crippen LogP contribution in [-0.2, 0) is 15.1 Å². The molecule has 1 aromatic rings. The summed E-state index contributed by atoms with van der Waals surface area (Å²) in [6, 6.07) is 0. The van der Waals surface area contributed by atoms with Gasteiger partial charge in [0.1, 0.15) is 5.60 Å². The molecule has 1 aromatic heterocycles. The van der Waals surface area contributed by atoms with Gasteiger partial charge in [-0.25, -0.2) is 0 Å². The molecule has 3 rings (SSSR count). The van der Waals surface area contributed by atoms with Gasteiger partial charge >= 0.3 is 5.97 Å². The number of hydrogen-bond acceptors (Lipinski definition) is 5. The van der Waals surface area contributed by atoms with Crippen LogP contribution >= 0.6 is 0 Å². The Morgan fingerprint density at radius 3 is 2.80 bits per heavy atom. The molecule has 0 unspecified atom stereocenters. The molecule has 6 heteroatoms. The molecule has 0 spiro atoms. The second-order valence-electron chi connectivity index (χ2n) is 5.50. The van der Waals surface area contributed by atoms with Crippen LogP contribution in [0.2, 0.25) is 0 Å². The first-order valence-electron chi connectivity index (χ1n) is 6.93. The van der Waals surface area contributed by atoms with Gasteiger partial charge < -0.3 is 14.4 Å². The van der Waals surface area contributed by atoms with Crippen LogP contribution in [-0.4, -0.2) is 28.3 Å². The van der Waals surface area contributed by atoms with Gasteiger partial charge in [0.25, 0.3) is 0 Å². The minimum absolute atomic E-state index is 0.243.